The van der Waals surface area contributed by atoms with E-state index in [2.05, 4.69) is 20.2 Å². The lowest BCUT2D eigenvalue weighted by Crippen LogP contribution is -2.38. The molecule has 1 amide bonds. The van der Waals surface area contributed by atoms with Crippen LogP contribution in [-0.4, -0.2) is 42.1 Å². The summed E-state index contributed by atoms with van der Waals surface area (Å²) in [6, 6.07) is 5.48. The number of halogens is 1. The van der Waals surface area contributed by atoms with Crippen LogP contribution in [-0.2, 0) is 13.1 Å². The zero-order chi connectivity index (χ0) is 17.4. The predicted octanol–water partition coefficient (Wildman–Crippen LogP) is 2.35. The molecule has 0 unspecified atom stereocenters. The van der Waals surface area contributed by atoms with Crippen molar-refractivity contribution in [1.29, 1.82) is 0 Å². The fraction of sp³-hybridized carbons (Fsp3) is 0.235. The van der Waals surface area contributed by atoms with Crippen molar-refractivity contribution in [2.75, 3.05) is 6.54 Å². The summed E-state index contributed by atoms with van der Waals surface area (Å²) in [6.07, 6.45) is 4.89. The number of hydrogen-bond donors (Lipinski definition) is 0. The highest BCUT2D eigenvalue weighted by Crippen LogP contribution is 2.25. The van der Waals surface area contributed by atoms with Crippen molar-refractivity contribution in [3.05, 3.63) is 58.8 Å². The van der Waals surface area contributed by atoms with E-state index in [0.29, 0.717) is 41.7 Å². The molecule has 0 fully saturated rings. The van der Waals surface area contributed by atoms with Gasteiger partial charge in [0.2, 0.25) is 0 Å². The molecule has 3 aromatic rings. The highest BCUT2D eigenvalue weighted by atomic mass is 35.5. The standard InChI is InChI=1S/C17H15ClN6O/c1-11-3-2-4-12(15(11)18)17(25)23-7-8-24-14(10-23)21-22-16(24)13-9-19-5-6-20-13/h2-6,9H,7-8,10H2,1H3. The minimum Gasteiger partial charge on any atom is -0.329 e. The van der Waals surface area contributed by atoms with E-state index in [4.69, 9.17) is 11.6 Å². The van der Waals surface area contributed by atoms with Crippen LogP contribution in [0, 0.1) is 6.92 Å². The molecule has 0 spiro atoms. The highest BCUT2D eigenvalue weighted by molar-refractivity contribution is 6.34. The summed E-state index contributed by atoms with van der Waals surface area (Å²) in [4.78, 5) is 22.9. The van der Waals surface area contributed by atoms with E-state index in [0.717, 1.165) is 11.4 Å². The molecule has 0 radical (unpaired) electrons. The number of benzene rings is 1. The molecule has 25 heavy (non-hydrogen) atoms. The van der Waals surface area contributed by atoms with Gasteiger partial charge in [-0.15, -0.1) is 10.2 Å². The van der Waals surface area contributed by atoms with Crippen LogP contribution in [0.25, 0.3) is 11.5 Å². The fourth-order valence-corrected chi connectivity index (χ4v) is 3.12. The van der Waals surface area contributed by atoms with E-state index in [-0.39, 0.29) is 5.91 Å². The van der Waals surface area contributed by atoms with Gasteiger partial charge in [0.1, 0.15) is 5.69 Å². The Kier molecular flexibility index (Phi) is 3.93. The van der Waals surface area contributed by atoms with Gasteiger partial charge in [0.25, 0.3) is 5.91 Å². The van der Waals surface area contributed by atoms with Crippen molar-refractivity contribution < 1.29 is 4.79 Å². The van der Waals surface area contributed by atoms with Gasteiger partial charge in [0, 0.05) is 25.5 Å². The highest BCUT2D eigenvalue weighted by Gasteiger charge is 2.27. The van der Waals surface area contributed by atoms with Crippen LogP contribution in [0.1, 0.15) is 21.7 Å². The van der Waals surface area contributed by atoms with Crippen molar-refractivity contribution in [1.82, 2.24) is 29.6 Å². The molecule has 4 rings (SSSR count). The predicted molar refractivity (Wildman–Crippen MR) is 92.0 cm³/mol. The molecule has 7 nitrogen and oxygen atoms in total. The minimum atomic E-state index is -0.0935. The molecule has 1 aliphatic heterocycles. The average molecular weight is 355 g/mol. The monoisotopic (exact) mass is 354 g/mol. The Balaban J connectivity index is 1.61. The van der Waals surface area contributed by atoms with Crippen LogP contribution < -0.4 is 0 Å². The normalized spacial score (nSPS) is 13.6. The maximum atomic E-state index is 12.8. The van der Waals surface area contributed by atoms with Gasteiger partial charge in [-0.3, -0.25) is 9.78 Å². The number of amides is 1. The van der Waals surface area contributed by atoms with Crippen LogP contribution in [0.15, 0.2) is 36.8 Å². The van der Waals surface area contributed by atoms with Crippen LogP contribution in [0.4, 0.5) is 0 Å². The van der Waals surface area contributed by atoms with Gasteiger partial charge in [-0.2, -0.15) is 0 Å². The maximum Gasteiger partial charge on any atom is 0.255 e. The number of aromatic nitrogens is 5. The van der Waals surface area contributed by atoms with Crippen molar-refractivity contribution in [2.24, 2.45) is 0 Å². The van der Waals surface area contributed by atoms with Gasteiger partial charge >= 0.3 is 0 Å². The van der Waals surface area contributed by atoms with E-state index in [1.54, 1.807) is 29.6 Å². The lowest BCUT2D eigenvalue weighted by Gasteiger charge is -2.28. The number of aryl methyl sites for hydroxylation is 1. The second kappa shape index (κ2) is 6.25. The molecule has 8 heteroatoms. The summed E-state index contributed by atoms with van der Waals surface area (Å²) >= 11 is 6.30. The van der Waals surface area contributed by atoms with Crippen molar-refractivity contribution in [2.45, 2.75) is 20.0 Å². The van der Waals surface area contributed by atoms with Gasteiger partial charge in [-0.1, -0.05) is 23.7 Å². The lowest BCUT2D eigenvalue weighted by atomic mass is 10.1. The van der Waals surface area contributed by atoms with Gasteiger partial charge in [-0.25, -0.2) is 4.98 Å². The molecule has 1 aliphatic rings. The number of rotatable bonds is 2. The summed E-state index contributed by atoms with van der Waals surface area (Å²) < 4.78 is 1.98. The molecule has 0 saturated heterocycles. The molecule has 0 saturated carbocycles. The largest absolute Gasteiger partial charge is 0.329 e. The quantitative estimate of drug-likeness (QED) is 0.706. The van der Waals surface area contributed by atoms with Crippen LogP contribution >= 0.6 is 11.6 Å². The summed E-state index contributed by atoms with van der Waals surface area (Å²) in [5, 5.41) is 8.93. The first-order valence-electron chi connectivity index (χ1n) is 7.88. The zero-order valence-corrected chi connectivity index (χ0v) is 14.3. The van der Waals surface area contributed by atoms with E-state index >= 15 is 0 Å². The van der Waals surface area contributed by atoms with Gasteiger partial charge in [-0.05, 0) is 18.6 Å². The number of hydrogen-bond acceptors (Lipinski definition) is 5. The van der Waals surface area contributed by atoms with Gasteiger partial charge in [0.05, 0.1) is 23.3 Å². The van der Waals surface area contributed by atoms with Crippen LogP contribution in [0.3, 0.4) is 0 Å². The van der Waals surface area contributed by atoms with Crippen LogP contribution in [0.2, 0.25) is 5.02 Å². The Morgan fingerprint density at radius 1 is 1.20 bits per heavy atom. The minimum absolute atomic E-state index is 0.0935. The van der Waals surface area contributed by atoms with E-state index in [9.17, 15) is 4.79 Å². The van der Waals surface area contributed by atoms with Crippen molar-refractivity contribution >= 4 is 17.5 Å². The summed E-state index contributed by atoms with van der Waals surface area (Å²) in [5.74, 6) is 1.30. The third-order valence-corrected chi connectivity index (χ3v) is 4.76. The Morgan fingerprint density at radius 3 is 2.88 bits per heavy atom. The molecule has 0 bridgehead atoms. The Hall–Kier alpha value is -2.80. The van der Waals surface area contributed by atoms with Crippen molar-refractivity contribution in [3.63, 3.8) is 0 Å². The topological polar surface area (TPSA) is 76.8 Å². The first kappa shape index (κ1) is 15.7. The number of carbonyl (C=O) groups excluding carboxylic acids is 1. The molecule has 0 atom stereocenters. The second-order valence-corrected chi connectivity index (χ2v) is 6.22. The third-order valence-electron chi connectivity index (χ3n) is 4.25. The molecule has 3 heterocycles. The molecule has 1 aromatic carbocycles. The lowest BCUT2D eigenvalue weighted by molar-refractivity contribution is 0.0708. The molecular weight excluding hydrogens is 340 g/mol. The first-order chi connectivity index (χ1) is 12.1. The van der Waals surface area contributed by atoms with E-state index < -0.39 is 0 Å². The second-order valence-electron chi connectivity index (χ2n) is 5.85. The van der Waals surface area contributed by atoms with Gasteiger partial charge < -0.3 is 9.47 Å². The Bertz CT molecular complexity index is 940. The van der Waals surface area contributed by atoms with Gasteiger partial charge in [0.15, 0.2) is 11.6 Å². The summed E-state index contributed by atoms with van der Waals surface area (Å²) in [5.41, 5.74) is 2.07. The fourth-order valence-electron chi connectivity index (χ4n) is 2.92. The zero-order valence-electron chi connectivity index (χ0n) is 13.6. The van der Waals surface area contributed by atoms with E-state index in [1.165, 1.54) is 0 Å². The number of fused-ring (bicyclic) bond motifs is 1. The van der Waals surface area contributed by atoms with Crippen molar-refractivity contribution in [3.8, 4) is 11.5 Å². The SMILES string of the molecule is Cc1cccc(C(=O)N2CCn3c(nnc3-c3cnccn3)C2)c1Cl. The third kappa shape index (κ3) is 2.76. The van der Waals surface area contributed by atoms with E-state index in [1.807, 2.05) is 23.6 Å². The van der Waals surface area contributed by atoms with Crippen LogP contribution in [0.5, 0.6) is 0 Å². The summed E-state index contributed by atoms with van der Waals surface area (Å²) in [7, 11) is 0. The Labute approximate surface area is 149 Å². The Morgan fingerprint density at radius 2 is 2.08 bits per heavy atom. The molecule has 2 aromatic heterocycles. The number of carbonyl (C=O) groups is 1. The molecule has 0 aliphatic carbocycles. The summed E-state index contributed by atoms with van der Waals surface area (Å²) in [6.45, 7) is 3.43. The first-order valence-corrected chi connectivity index (χ1v) is 8.26. The number of nitrogens with zero attached hydrogens (tertiary/aromatic N) is 6. The smallest absolute Gasteiger partial charge is 0.255 e. The molecular formula is C17H15ClN6O. The average Bonchev–Trinajstić information content (AvgIpc) is 3.07. The molecule has 126 valence electrons. The molecule has 0 N–H and O–H groups in total. The maximum absolute atomic E-state index is 12.8.